The molecule has 1 heterocycles. The molecule has 4 heteroatoms. The topological polar surface area (TPSA) is 37.8 Å². The van der Waals surface area contributed by atoms with Crippen molar-refractivity contribution in [3.63, 3.8) is 0 Å². The monoisotopic (exact) mass is 259 g/mol. The summed E-state index contributed by atoms with van der Waals surface area (Å²) in [6, 6.07) is 6.64. The van der Waals surface area contributed by atoms with E-state index in [1.54, 1.807) is 6.07 Å². The Morgan fingerprint density at radius 3 is 2.63 bits per heavy atom. The molecule has 0 aliphatic rings. The Kier molecular flexibility index (Phi) is 4.10. The van der Waals surface area contributed by atoms with E-state index in [-0.39, 0.29) is 5.82 Å². The Labute approximate surface area is 112 Å². The maximum absolute atomic E-state index is 13.1. The van der Waals surface area contributed by atoms with Gasteiger partial charge in [-0.25, -0.2) is 14.4 Å². The average molecular weight is 259 g/mol. The largest absolute Gasteiger partial charge is 0.370 e. The van der Waals surface area contributed by atoms with E-state index in [0.717, 1.165) is 35.6 Å². The maximum Gasteiger partial charge on any atom is 0.130 e. The smallest absolute Gasteiger partial charge is 0.130 e. The van der Waals surface area contributed by atoms with Crippen molar-refractivity contribution in [1.29, 1.82) is 0 Å². The van der Waals surface area contributed by atoms with Crippen LogP contribution in [0.1, 0.15) is 24.7 Å². The molecule has 0 aliphatic carbocycles. The summed E-state index contributed by atoms with van der Waals surface area (Å²) in [6.45, 7) is 6.72. The third-order valence-corrected chi connectivity index (χ3v) is 2.86. The standard InChI is InChI=1S/C15H18FN3/c1-4-7-17-15-9-14(18-11(3)19-15)13-6-5-12(16)8-10(13)2/h5-6,8-9H,4,7H2,1-3H3,(H,17,18,19). The zero-order valence-electron chi connectivity index (χ0n) is 11.5. The summed E-state index contributed by atoms with van der Waals surface area (Å²) in [5.41, 5.74) is 2.63. The van der Waals surface area contributed by atoms with Gasteiger partial charge in [0.15, 0.2) is 0 Å². The van der Waals surface area contributed by atoms with Gasteiger partial charge in [-0.3, -0.25) is 0 Å². The van der Waals surface area contributed by atoms with E-state index in [2.05, 4.69) is 22.2 Å². The van der Waals surface area contributed by atoms with E-state index in [9.17, 15) is 4.39 Å². The van der Waals surface area contributed by atoms with E-state index in [1.807, 2.05) is 19.9 Å². The van der Waals surface area contributed by atoms with E-state index >= 15 is 0 Å². The highest BCUT2D eigenvalue weighted by atomic mass is 19.1. The van der Waals surface area contributed by atoms with Gasteiger partial charge in [-0.15, -0.1) is 0 Å². The lowest BCUT2D eigenvalue weighted by molar-refractivity contribution is 0.627. The molecular formula is C15H18FN3. The summed E-state index contributed by atoms with van der Waals surface area (Å²) < 4.78 is 13.1. The van der Waals surface area contributed by atoms with Gasteiger partial charge in [-0.1, -0.05) is 6.92 Å². The van der Waals surface area contributed by atoms with Gasteiger partial charge in [-0.05, 0) is 44.0 Å². The van der Waals surface area contributed by atoms with Crippen molar-refractivity contribution in [2.24, 2.45) is 0 Å². The van der Waals surface area contributed by atoms with Crippen LogP contribution in [0.5, 0.6) is 0 Å². The molecule has 0 spiro atoms. The molecule has 0 aliphatic heterocycles. The summed E-state index contributed by atoms with van der Waals surface area (Å²) in [4.78, 5) is 8.78. The van der Waals surface area contributed by atoms with Gasteiger partial charge in [0.1, 0.15) is 17.5 Å². The summed E-state index contributed by atoms with van der Waals surface area (Å²) in [5, 5.41) is 3.25. The molecule has 0 atom stereocenters. The number of anilines is 1. The van der Waals surface area contributed by atoms with Gasteiger partial charge >= 0.3 is 0 Å². The van der Waals surface area contributed by atoms with Crippen LogP contribution in [0.4, 0.5) is 10.2 Å². The molecule has 2 rings (SSSR count). The molecule has 0 saturated carbocycles. The van der Waals surface area contributed by atoms with E-state index in [0.29, 0.717) is 5.82 Å². The molecule has 1 N–H and O–H groups in total. The van der Waals surface area contributed by atoms with Crippen molar-refractivity contribution in [2.45, 2.75) is 27.2 Å². The maximum atomic E-state index is 13.1. The molecule has 0 bridgehead atoms. The second kappa shape index (κ2) is 5.78. The summed E-state index contributed by atoms with van der Waals surface area (Å²) in [7, 11) is 0. The minimum Gasteiger partial charge on any atom is -0.370 e. The first-order valence-corrected chi connectivity index (χ1v) is 6.46. The number of aryl methyl sites for hydroxylation is 2. The fourth-order valence-corrected chi connectivity index (χ4v) is 1.96. The zero-order valence-corrected chi connectivity index (χ0v) is 11.5. The van der Waals surface area contributed by atoms with Crippen LogP contribution < -0.4 is 5.32 Å². The van der Waals surface area contributed by atoms with E-state index in [1.165, 1.54) is 12.1 Å². The Morgan fingerprint density at radius 2 is 1.95 bits per heavy atom. The third-order valence-electron chi connectivity index (χ3n) is 2.86. The number of hydrogen-bond donors (Lipinski definition) is 1. The fourth-order valence-electron chi connectivity index (χ4n) is 1.96. The number of hydrogen-bond acceptors (Lipinski definition) is 3. The van der Waals surface area contributed by atoms with Crippen molar-refractivity contribution < 1.29 is 4.39 Å². The predicted octanol–water partition coefficient (Wildman–Crippen LogP) is 3.72. The van der Waals surface area contributed by atoms with Gasteiger partial charge in [0.25, 0.3) is 0 Å². The predicted molar refractivity (Wildman–Crippen MR) is 75.7 cm³/mol. The van der Waals surface area contributed by atoms with Crippen molar-refractivity contribution >= 4 is 5.82 Å². The molecule has 3 nitrogen and oxygen atoms in total. The number of aromatic nitrogens is 2. The average Bonchev–Trinajstić information content (AvgIpc) is 2.35. The first kappa shape index (κ1) is 13.5. The van der Waals surface area contributed by atoms with Crippen LogP contribution in [0.25, 0.3) is 11.3 Å². The molecule has 0 fully saturated rings. The van der Waals surface area contributed by atoms with Crippen LogP contribution in [0, 0.1) is 19.7 Å². The molecular weight excluding hydrogens is 241 g/mol. The van der Waals surface area contributed by atoms with Crippen LogP contribution in [0.15, 0.2) is 24.3 Å². The first-order chi connectivity index (χ1) is 9.10. The Morgan fingerprint density at radius 1 is 1.16 bits per heavy atom. The lowest BCUT2D eigenvalue weighted by Gasteiger charge is -2.09. The van der Waals surface area contributed by atoms with Gasteiger partial charge in [0.05, 0.1) is 5.69 Å². The SMILES string of the molecule is CCCNc1cc(-c2ccc(F)cc2C)nc(C)n1. The van der Waals surface area contributed by atoms with Gasteiger partial charge in [0, 0.05) is 18.2 Å². The minimum absolute atomic E-state index is 0.226. The molecule has 100 valence electrons. The highest BCUT2D eigenvalue weighted by molar-refractivity contribution is 5.66. The highest BCUT2D eigenvalue weighted by Crippen LogP contribution is 2.24. The first-order valence-electron chi connectivity index (χ1n) is 6.46. The molecule has 0 amide bonds. The summed E-state index contributed by atoms with van der Waals surface area (Å²) in [5.74, 6) is 1.30. The van der Waals surface area contributed by atoms with Crippen molar-refractivity contribution in [2.75, 3.05) is 11.9 Å². The quantitative estimate of drug-likeness (QED) is 0.909. The van der Waals surface area contributed by atoms with Gasteiger partial charge in [0.2, 0.25) is 0 Å². The Hall–Kier alpha value is -1.97. The number of nitrogens with zero attached hydrogens (tertiary/aromatic N) is 2. The summed E-state index contributed by atoms with van der Waals surface area (Å²) >= 11 is 0. The van der Waals surface area contributed by atoms with Crippen LogP contribution in [-0.4, -0.2) is 16.5 Å². The second-order valence-corrected chi connectivity index (χ2v) is 4.57. The molecule has 1 aromatic heterocycles. The highest BCUT2D eigenvalue weighted by Gasteiger charge is 2.07. The number of rotatable bonds is 4. The normalized spacial score (nSPS) is 10.5. The van der Waals surface area contributed by atoms with Crippen LogP contribution in [-0.2, 0) is 0 Å². The third kappa shape index (κ3) is 3.28. The summed E-state index contributed by atoms with van der Waals surface area (Å²) in [6.07, 6.45) is 1.04. The van der Waals surface area contributed by atoms with Crippen molar-refractivity contribution in [3.8, 4) is 11.3 Å². The van der Waals surface area contributed by atoms with Crippen molar-refractivity contribution in [3.05, 3.63) is 41.5 Å². The zero-order chi connectivity index (χ0) is 13.8. The van der Waals surface area contributed by atoms with Crippen molar-refractivity contribution in [1.82, 2.24) is 9.97 Å². The minimum atomic E-state index is -0.226. The number of halogens is 1. The van der Waals surface area contributed by atoms with E-state index < -0.39 is 0 Å². The molecule has 0 unspecified atom stereocenters. The number of benzene rings is 1. The van der Waals surface area contributed by atoms with Crippen LogP contribution in [0.3, 0.4) is 0 Å². The van der Waals surface area contributed by atoms with Gasteiger partial charge in [-0.2, -0.15) is 0 Å². The lowest BCUT2D eigenvalue weighted by atomic mass is 10.1. The number of nitrogens with one attached hydrogen (secondary N) is 1. The Bertz CT molecular complexity index is 582. The lowest BCUT2D eigenvalue weighted by Crippen LogP contribution is -2.04. The molecule has 1 aromatic carbocycles. The Balaban J connectivity index is 2.41. The van der Waals surface area contributed by atoms with Crippen LogP contribution >= 0.6 is 0 Å². The molecule has 2 aromatic rings. The molecule has 19 heavy (non-hydrogen) atoms. The van der Waals surface area contributed by atoms with Crippen LogP contribution in [0.2, 0.25) is 0 Å². The van der Waals surface area contributed by atoms with Gasteiger partial charge < -0.3 is 5.32 Å². The molecule has 0 radical (unpaired) electrons. The second-order valence-electron chi connectivity index (χ2n) is 4.57. The fraction of sp³-hybridized carbons (Fsp3) is 0.333. The molecule has 0 saturated heterocycles. The van der Waals surface area contributed by atoms with E-state index in [4.69, 9.17) is 0 Å².